The summed E-state index contributed by atoms with van der Waals surface area (Å²) < 4.78 is 32.3. The summed E-state index contributed by atoms with van der Waals surface area (Å²) in [6.45, 7) is 4.76. The topological polar surface area (TPSA) is 75.7 Å². The Morgan fingerprint density at radius 3 is 2.36 bits per heavy atom. The van der Waals surface area contributed by atoms with Gasteiger partial charge in [-0.25, -0.2) is 8.42 Å². The van der Waals surface area contributed by atoms with Crippen LogP contribution >= 0.6 is 0 Å². The number of carbonyl (C=O) groups is 1. The fourth-order valence-corrected chi connectivity index (χ4v) is 4.88. The van der Waals surface area contributed by atoms with E-state index < -0.39 is 10.0 Å². The van der Waals surface area contributed by atoms with Crippen molar-refractivity contribution < 1.29 is 17.9 Å². The van der Waals surface area contributed by atoms with Gasteiger partial charge in [0.1, 0.15) is 5.75 Å². The van der Waals surface area contributed by atoms with Crippen molar-refractivity contribution in [3.8, 4) is 5.75 Å². The van der Waals surface area contributed by atoms with E-state index in [9.17, 15) is 13.2 Å². The fraction of sp³-hybridized carbons (Fsp3) is 0.381. The molecule has 0 radical (unpaired) electrons. The fourth-order valence-electron chi connectivity index (χ4n) is 3.33. The predicted octanol–water partition coefficient (Wildman–Crippen LogP) is 3.28. The molecule has 1 heterocycles. The highest BCUT2D eigenvalue weighted by molar-refractivity contribution is 7.89. The summed E-state index contributed by atoms with van der Waals surface area (Å²) in [5.41, 5.74) is 2.05. The molecule has 2 aromatic carbocycles. The van der Waals surface area contributed by atoms with Crippen LogP contribution in [0.3, 0.4) is 0 Å². The van der Waals surface area contributed by atoms with Gasteiger partial charge in [0.05, 0.1) is 18.0 Å². The second kappa shape index (κ2) is 8.32. The lowest BCUT2D eigenvalue weighted by atomic mass is 10.1. The van der Waals surface area contributed by atoms with Crippen LogP contribution in [0.2, 0.25) is 0 Å². The quantitative estimate of drug-likeness (QED) is 0.805. The zero-order valence-corrected chi connectivity index (χ0v) is 17.3. The average Bonchev–Trinajstić information content (AvgIpc) is 3.24. The van der Waals surface area contributed by atoms with Crippen molar-refractivity contribution in [1.29, 1.82) is 0 Å². The van der Waals surface area contributed by atoms with Crippen LogP contribution in [0.4, 0.5) is 0 Å². The normalized spacial score (nSPS) is 16.0. The maximum Gasteiger partial charge on any atom is 0.252 e. The maximum atomic E-state index is 12.8. The van der Waals surface area contributed by atoms with Gasteiger partial charge in [-0.05, 0) is 62.1 Å². The molecule has 1 fully saturated rings. The number of rotatable bonds is 6. The summed E-state index contributed by atoms with van der Waals surface area (Å²) >= 11 is 0. The first kappa shape index (κ1) is 20.4. The summed E-state index contributed by atoms with van der Waals surface area (Å²) in [5, 5.41) is 2.95. The summed E-state index contributed by atoms with van der Waals surface area (Å²) in [6, 6.07) is 12.0. The Kier molecular flexibility index (Phi) is 6.05. The monoisotopic (exact) mass is 402 g/mol. The molecule has 0 aliphatic carbocycles. The van der Waals surface area contributed by atoms with Crippen molar-refractivity contribution in [3.63, 3.8) is 0 Å². The molecule has 1 saturated heterocycles. The van der Waals surface area contributed by atoms with Crippen molar-refractivity contribution in [2.24, 2.45) is 0 Å². The first-order valence-electron chi connectivity index (χ1n) is 9.38. The number of aryl methyl sites for hydroxylation is 1. The van der Waals surface area contributed by atoms with Gasteiger partial charge in [-0.15, -0.1) is 0 Å². The minimum atomic E-state index is -3.56. The minimum absolute atomic E-state index is 0.169. The lowest BCUT2D eigenvalue weighted by molar-refractivity contribution is 0.0939. The van der Waals surface area contributed by atoms with E-state index in [4.69, 9.17) is 4.74 Å². The standard InChI is InChI=1S/C21H26N2O4S/c1-15-6-11-19(28(25,26)23-12-4-5-13-23)14-20(15)21(24)22-16(2)17-7-9-18(27-3)10-8-17/h6-11,14,16H,4-5,12-13H2,1-3H3,(H,22,24)/t16-/m0/s1. The number of carbonyl (C=O) groups excluding carboxylic acids is 1. The van der Waals surface area contributed by atoms with Crippen LogP contribution in [0.1, 0.15) is 47.3 Å². The number of nitrogens with zero attached hydrogens (tertiary/aromatic N) is 1. The molecule has 1 N–H and O–H groups in total. The Labute approximate surface area is 166 Å². The Hall–Kier alpha value is -2.38. The molecule has 6 nitrogen and oxygen atoms in total. The number of sulfonamides is 1. The molecular formula is C21H26N2O4S. The summed E-state index contributed by atoms with van der Waals surface area (Å²) in [6.07, 6.45) is 1.75. The third-order valence-electron chi connectivity index (χ3n) is 5.12. The van der Waals surface area contributed by atoms with E-state index in [0.29, 0.717) is 18.7 Å². The first-order chi connectivity index (χ1) is 13.3. The number of benzene rings is 2. The lowest BCUT2D eigenvalue weighted by Gasteiger charge is -2.18. The average molecular weight is 403 g/mol. The molecule has 0 spiro atoms. The summed E-state index contributed by atoms with van der Waals surface area (Å²) in [7, 11) is -1.96. The van der Waals surface area contributed by atoms with Crippen LogP contribution in [-0.2, 0) is 10.0 Å². The van der Waals surface area contributed by atoms with Gasteiger partial charge in [-0.3, -0.25) is 4.79 Å². The van der Waals surface area contributed by atoms with Gasteiger partial charge >= 0.3 is 0 Å². The zero-order valence-electron chi connectivity index (χ0n) is 16.4. The van der Waals surface area contributed by atoms with Gasteiger partial charge in [0.2, 0.25) is 10.0 Å². The maximum absolute atomic E-state index is 12.8. The SMILES string of the molecule is COc1ccc([C@H](C)NC(=O)c2cc(S(=O)(=O)N3CCCC3)ccc2C)cc1. The van der Waals surface area contributed by atoms with Crippen molar-refractivity contribution in [1.82, 2.24) is 9.62 Å². The number of ether oxygens (including phenoxy) is 1. The van der Waals surface area contributed by atoms with Crippen LogP contribution in [0.15, 0.2) is 47.4 Å². The van der Waals surface area contributed by atoms with Crippen molar-refractivity contribution in [2.45, 2.75) is 37.6 Å². The molecule has 1 aliphatic rings. The van der Waals surface area contributed by atoms with E-state index in [-0.39, 0.29) is 16.8 Å². The van der Waals surface area contributed by atoms with Gasteiger partial charge in [0, 0.05) is 18.7 Å². The van der Waals surface area contributed by atoms with Crippen molar-refractivity contribution in [2.75, 3.05) is 20.2 Å². The van der Waals surface area contributed by atoms with Crippen LogP contribution in [-0.4, -0.2) is 38.8 Å². The Morgan fingerprint density at radius 1 is 1.11 bits per heavy atom. The lowest BCUT2D eigenvalue weighted by Crippen LogP contribution is -2.29. The van der Waals surface area contributed by atoms with E-state index in [0.717, 1.165) is 29.7 Å². The molecule has 1 amide bonds. The van der Waals surface area contributed by atoms with Gasteiger partial charge in [0.25, 0.3) is 5.91 Å². The molecule has 0 aromatic heterocycles. The number of hydrogen-bond acceptors (Lipinski definition) is 4. The summed E-state index contributed by atoms with van der Waals surface area (Å²) in [4.78, 5) is 13.0. The molecule has 3 rings (SSSR count). The zero-order chi connectivity index (χ0) is 20.3. The second-order valence-electron chi connectivity index (χ2n) is 7.06. The molecule has 1 atom stereocenters. The third kappa shape index (κ3) is 4.20. The Bertz CT molecular complexity index is 949. The van der Waals surface area contributed by atoms with Gasteiger partial charge in [-0.2, -0.15) is 4.31 Å². The number of amides is 1. The molecule has 28 heavy (non-hydrogen) atoms. The molecule has 0 bridgehead atoms. The molecule has 0 saturated carbocycles. The van der Waals surface area contributed by atoms with Crippen LogP contribution < -0.4 is 10.1 Å². The van der Waals surface area contributed by atoms with E-state index in [1.165, 1.54) is 10.4 Å². The molecule has 1 aliphatic heterocycles. The van der Waals surface area contributed by atoms with Crippen LogP contribution in [0, 0.1) is 6.92 Å². The molecule has 150 valence electrons. The Morgan fingerprint density at radius 2 is 1.75 bits per heavy atom. The number of hydrogen-bond donors (Lipinski definition) is 1. The van der Waals surface area contributed by atoms with Crippen LogP contribution in [0.5, 0.6) is 5.75 Å². The minimum Gasteiger partial charge on any atom is -0.497 e. The highest BCUT2D eigenvalue weighted by Crippen LogP contribution is 2.24. The third-order valence-corrected chi connectivity index (χ3v) is 7.01. The molecule has 7 heteroatoms. The molecule has 0 unspecified atom stereocenters. The summed E-state index contributed by atoms with van der Waals surface area (Å²) in [5.74, 6) is 0.456. The van der Waals surface area contributed by atoms with E-state index in [1.54, 1.807) is 26.2 Å². The van der Waals surface area contributed by atoms with E-state index in [1.807, 2.05) is 31.2 Å². The molecule has 2 aromatic rings. The van der Waals surface area contributed by atoms with Gasteiger partial charge in [-0.1, -0.05) is 18.2 Å². The second-order valence-corrected chi connectivity index (χ2v) is 8.99. The Balaban J connectivity index is 1.81. The highest BCUT2D eigenvalue weighted by Gasteiger charge is 2.28. The first-order valence-corrected chi connectivity index (χ1v) is 10.8. The molecular weight excluding hydrogens is 376 g/mol. The highest BCUT2D eigenvalue weighted by atomic mass is 32.2. The van der Waals surface area contributed by atoms with Crippen molar-refractivity contribution in [3.05, 3.63) is 59.2 Å². The van der Waals surface area contributed by atoms with Crippen molar-refractivity contribution >= 4 is 15.9 Å². The van der Waals surface area contributed by atoms with E-state index in [2.05, 4.69) is 5.32 Å². The largest absolute Gasteiger partial charge is 0.497 e. The number of nitrogens with one attached hydrogen (secondary N) is 1. The van der Waals surface area contributed by atoms with Gasteiger partial charge in [0.15, 0.2) is 0 Å². The predicted molar refractivity (Wildman–Crippen MR) is 108 cm³/mol. The van der Waals surface area contributed by atoms with E-state index >= 15 is 0 Å². The van der Waals surface area contributed by atoms with Gasteiger partial charge < -0.3 is 10.1 Å². The van der Waals surface area contributed by atoms with Crippen LogP contribution in [0.25, 0.3) is 0 Å². The number of methoxy groups -OCH3 is 1. The smallest absolute Gasteiger partial charge is 0.252 e.